The Bertz CT molecular complexity index is 418. The molecule has 1 saturated carbocycles. The van der Waals surface area contributed by atoms with E-state index in [9.17, 15) is 4.79 Å². The molecule has 2 rings (SSSR count). The second kappa shape index (κ2) is 5.51. The Balaban J connectivity index is 1.94. The first-order valence-corrected chi connectivity index (χ1v) is 6.30. The third kappa shape index (κ3) is 3.44. The number of aliphatic hydroxyl groups is 1. The van der Waals surface area contributed by atoms with Gasteiger partial charge in [0.2, 0.25) is 0 Å². The van der Waals surface area contributed by atoms with E-state index in [1.165, 1.54) is 0 Å². The van der Waals surface area contributed by atoms with Crippen molar-refractivity contribution in [2.24, 2.45) is 0 Å². The van der Waals surface area contributed by atoms with Crippen molar-refractivity contribution in [1.82, 2.24) is 5.32 Å². The van der Waals surface area contributed by atoms with Gasteiger partial charge in [-0.15, -0.1) is 0 Å². The van der Waals surface area contributed by atoms with Gasteiger partial charge < -0.3 is 15.2 Å². The summed E-state index contributed by atoms with van der Waals surface area (Å²) >= 11 is 3.33. The van der Waals surface area contributed by atoms with Crippen molar-refractivity contribution in [2.75, 3.05) is 6.61 Å². The number of hydrogen-bond acceptors (Lipinski definition) is 3. The predicted octanol–water partition coefficient (Wildman–Crippen LogP) is 1.60. The van der Waals surface area contributed by atoms with E-state index in [-0.39, 0.29) is 19.1 Å². The number of carbonyl (C=O) groups is 1. The molecule has 92 valence electrons. The van der Waals surface area contributed by atoms with Crippen molar-refractivity contribution < 1.29 is 14.6 Å². The Labute approximate surface area is 108 Å². The molecular formula is C12H14BrNO3. The molecule has 0 unspecified atom stereocenters. The maximum atomic E-state index is 11.5. The van der Waals surface area contributed by atoms with Gasteiger partial charge in [0.05, 0.1) is 11.1 Å². The molecule has 1 aliphatic rings. The van der Waals surface area contributed by atoms with Gasteiger partial charge in [0.15, 0.2) is 6.61 Å². The second-order valence-corrected chi connectivity index (χ2v) is 4.87. The van der Waals surface area contributed by atoms with Gasteiger partial charge in [0.1, 0.15) is 5.75 Å². The molecule has 17 heavy (non-hydrogen) atoms. The Morgan fingerprint density at radius 1 is 1.53 bits per heavy atom. The van der Waals surface area contributed by atoms with Crippen LogP contribution >= 0.6 is 15.9 Å². The Morgan fingerprint density at radius 3 is 2.94 bits per heavy atom. The van der Waals surface area contributed by atoms with Crippen LogP contribution in [-0.4, -0.2) is 23.7 Å². The largest absolute Gasteiger partial charge is 0.482 e. The van der Waals surface area contributed by atoms with Gasteiger partial charge in [0.25, 0.3) is 5.91 Å². The molecule has 1 aromatic carbocycles. The summed E-state index contributed by atoms with van der Waals surface area (Å²) in [7, 11) is 0. The number of nitrogens with one attached hydrogen (secondary N) is 1. The minimum Gasteiger partial charge on any atom is -0.482 e. The van der Waals surface area contributed by atoms with Crippen molar-refractivity contribution in [1.29, 1.82) is 0 Å². The molecule has 0 aromatic heterocycles. The molecule has 0 heterocycles. The number of rotatable bonds is 5. The molecule has 1 aliphatic carbocycles. The van der Waals surface area contributed by atoms with Gasteiger partial charge in [0, 0.05) is 11.6 Å². The SMILES string of the molecule is O=C(COc1c(Br)cccc1CO)NC1CC1. The minimum atomic E-state index is -0.118. The first-order valence-electron chi connectivity index (χ1n) is 5.51. The summed E-state index contributed by atoms with van der Waals surface area (Å²) < 4.78 is 6.17. The summed E-state index contributed by atoms with van der Waals surface area (Å²) in [5, 5.41) is 12.0. The van der Waals surface area contributed by atoms with Crippen molar-refractivity contribution in [3.8, 4) is 5.75 Å². The van der Waals surface area contributed by atoms with E-state index in [2.05, 4.69) is 21.2 Å². The Kier molecular flexibility index (Phi) is 4.02. The average molecular weight is 300 g/mol. The molecule has 2 N–H and O–H groups in total. The summed E-state index contributed by atoms with van der Waals surface area (Å²) in [5.41, 5.74) is 0.665. The molecule has 0 atom stereocenters. The van der Waals surface area contributed by atoms with E-state index in [0.717, 1.165) is 17.3 Å². The topological polar surface area (TPSA) is 58.6 Å². The Hall–Kier alpha value is -1.07. The highest BCUT2D eigenvalue weighted by Gasteiger charge is 2.23. The monoisotopic (exact) mass is 299 g/mol. The number of halogens is 1. The van der Waals surface area contributed by atoms with E-state index in [1.807, 2.05) is 12.1 Å². The van der Waals surface area contributed by atoms with E-state index in [1.54, 1.807) is 6.07 Å². The molecular weight excluding hydrogens is 286 g/mol. The van der Waals surface area contributed by atoms with Gasteiger partial charge >= 0.3 is 0 Å². The molecule has 0 saturated heterocycles. The maximum Gasteiger partial charge on any atom is 0.258 e. The lowest BCUT2D eigenvalue weighted by Gasteiger charge is -2.11. The summed E-state index contributed by atoms with van der Waals surface area (Å²) in [6, 6.07) is 5.72. The molecule has 4 nitrogen and oxygen atoms in total. The fourth-order valence-corrected chi connectivity index (χ4v) is 2.00. The first-order chi connectivity index (χ1) is 8.20. The van der Waals surface area contributed by atoms with Crippen LogP contribution in [0.1, 0.15) is 18.4 Å². The van der Waals surface area contributed by atoms with Crippen molar-refractivity contribution in [3.05, 3.63) is 28.2 Å². The van der Waals surface area contributed by atoms with Crippen LogP contribution in [0.15, 0.2) is 22.7 Å². The smallest absolute Gasteiger partial charge is 0.258 e. The minimum absolute atomic E-state index is 0.0217. The number of ether oxygens (including phenoxy) is 1. The van der Waals surface area contributed by atoms with Crippen LogP contribution in [0.5, 0.6) is 5.75 Å². The van der Waals surface area contributed by atoms with Gasteiger partial charge in [-0.1, -0.05) is 12.1 Å². The van der Waals surface area contributed by atoms with Gasteiger partial charge in [-0.25, -0.2) is 0 Å². The summed E-state index contributed by atoms with van der Waals surface area (Å²) in [4.78, 5) is 11.5. The highest BCUT2D eigenvalue weighted by atomic mass is 79.9. The molecule has 1 fully saturated rings. The molecule has 5 heteroatoms. The van der Waals surface area contributed by atoms with Crippen LogP contribution < -0.4 is 10.1 Å². The van der Waals surface area contributed by atoms with Crippen molar-refractivity contribution >= 4 is 21.8 Å². The van der Waals surface area contributed by atoms with Crippen LogP contribution in [0.25, 0.3) is 0 Å². The van der Waals surface area contributed by atoms with Gasteiger partial charge in [-0.3, -0.25) is 4.79 Å². The average Bonchev–Trinajstić information content (AvgIpc) is 3.11. The standard InChI is InChI=1S/C12H14BrNO3/c13-10-3-1-2-8(6-15)12(10)17-7-11(16)14-9-4-5-9/h1-3,9,15H,4-7H2,(H,14,16). The van der Waals surface area contributed by atoms with Crippen LogP contribution in [0, 0.1) is 0 Å². The fraction of sp³-hybridized carbons (Fsp3) is 0.417. The van der Waals surface area contributed by atoms with E-state index in [4.69, 9.17) is 9.84 Å². The zero-order valence-corrected chi connectivity index (χ0v) is 10.9. The zero-order chi connectivity index (χ0) is 12.3. The Morgan fingerprint density at radius 2 is 2.29 bits per heavy atom. The molecule has 0 spiro atoms. The van der Waals surface area contributed by atoms with Gasteiger partial charge in [-0.2, -0.15) is 0 Å². The normalized spacial score (nSPS) is 14.5. The van der Waals surface area contributed by atoms with E-state index >= 15 is 0 Å². The molecule has 0 aliphatic heterocycles. The zero-order valence-electron chi connectivity index (χ0n) is 9.28. The van der Waals surface area contributed by atoms with Crippen LogP contribution in [-0.2, 0) is 11.4 Å². The third-order valence-corrected chi connectivity index (χ3v) is 3.13. The fourth-order valence-electron chi connectivity index (χ4n) is 1.47. The van der Waals surface area contributed by atoms with E-state index < -0.39 is 0 Å². The summed E-state index contributed by atoms with van der Waals surface area (Å²) in [6.07, 6.45) is 2.12. The van der Waals surface area contributed by atoms with Gasteiger partial charge in [-0.05, 0) is 34.8 Å². The summed E-state index contributed by atoms with van der Waals surface area (Å²) in [5.74, 6) is 0.410. The van der Waals surface area contributed by atoms with E-state index in [0.29, 0.717) is 17.4 Å². The number of aliphatic hydroxyl groups excluding tert-OH is 1. The highest BCUT2D eigenvalue weighted by Crippen LogP contribution is 2.29. The number of benzene rings is 1. The number of carbonyl (C=O) groups excluding carboxylic acids is 1. The molecule has 1 amide bonds. The van der Waals surface area contributed by atoms with Crippen molar-refractivity contribution in [3.63, 3.8) is 0 Å². The van der Waals surface area contributed by atoms with Crippen LogP contribution in [0.4, 0.5) is 0 Å². The van der Waals surface area contributed by atoms with Crippen LogP contribution in [0.2, 0.25) is 0 Å². The maximum absolute atomic E-state index is 11.5. The number of para-hydroxylation sites is 1. The lowest BCUT2D eigenvalue weighted by Crippen LogP contribution is -2.30. The lowest BCUT2D eigenvalue weighted by molar-refractivity contribution is -0.123. The lowest BCUT2D eigenvalue weighted by atomic mass is 10.2. The quantitative estimate of drug-likeness (QED) is 0.868. The number of hydrogen-bond donors (Lipinski definition) is 2. The molecule has 0 bridgehead atoms. The van der Waals surface area contributed by atoms with Crippen LogP contribution in [0.3, 0.4) is 0 Å². The summed E-state index contributed by atoms with van der Waals surface area (Å²) in [6.45, 7) is -0.134. The molecule has 1 aromatic rings. The second-order valence-electron chi connectivity index (χ2n) is 4.02. The first kappa shape index (κ1) is 12.4. The number of amides is 1. The molecule has 0 radical (unpaired) electrons. The predicted molar refractivity (Wildman–Crippen MR) is 66.7 cm³/mol. The van der Waals surface area contributed by atoms with Crippen molar-refractivity contribution in [2.45, 2.75) is 25.5 Å². The third-order valence-electron chi connectivity index (χ3n) is 2.51. The highest BCUT2D eigenvalue weighted by molar-refractivity contribution is 9.10.